The second-order valence-corrected chi connectivity index (χ2v) is 3.96. The molecule has 5 heteroatoms. The molecule has 1 aromatic heterocycles. The summed E-state index contributed by atoms with van der Waals surface area (Å²) in [6.07, 6.45) is 3.50. The van der Waals surface area contributed by atoms with Crippen molar-refractivity contribution in [2.24, 2.45) is 0 Å². The molecule has 0 aliphatic heterocycles. The summed E-state index contributed by atoms with van der Waals surface area (Å²) in [6.45, 7) is 1.67. The molecule has 0 atom stereocenters. The van der Waals surface area contributed by atoms with Gasteiger partial charge < -0.3 is 10.1 Å². The summed E-state index contributed by atoms with van der Waals surface area (Å²) in [5, 5.41) is 3.17. The van der Waals surface area contributed by atoms with E-state index in [0.717, 1.165) is 17.7 Å². The van der Waals surface area contributed by atoms with E-state index in [0.29, 0.717) is 25.4 Å². The van der Waals surface area contributed by atoms with Crippen LogP contribution in [0.4, 0.5) is 8.78 Å². The molecular formula is C14H14F2N2O. The lowest BCUT2D eigenvalue weighted by Crippen LogP contribution is -2.20. The van der Waals surface area contributed by atoms with Gasteiger partial charge in [0.15, 0.2) is 11.6 Å². The Balaban J connectivity index is 1.68. The molecule has 0 unspecified atom stereocenters. The molecule has 3 nitrogen and oxygen atoms in total. The van der Waals surface area contributed by atoms with E-state index in [2.05, 4.69) is 10.3 Å². The first-order valence-corrected chi connectivity index (χ1v) is 5.93. The molecule has 0 saturated carbocycles. The van der Waals surface area contributed by atoms with Gasteiger partial charge in [-0.1, -0.05) is 6.07 Å². The highest BCUT2D eigenvalue weighted by atomic mass is 19.2. The third kappa shape index (κ3) is 4.30. The molecule has 2 aromatic rings. The predicted octanol–water partition coefficient (Wildman–Crippen LogP) is 2.53. The standard InChI is InChI=1S/C14H14F2N2O/c15-13-4-3-12(8-14(13)16)19-7-6-18-10-11-2-1-5-17-9-11/h1-5,8-9,18H,6-7,10H2. The lowest BCUT2D eigenvalue weighted by atomic mass is 10.3. The fourth-order valence-corrected chi connectivity index (χ4v) is 1.54. The van der Waals surface area contributed by atoms with Gasteiger partial charge in [-0.25, -0.2) is 8.78 Å². The van der Waals surface area contributed by atoms with Gasteiger partial charge in [-0.2, -0.15) is 0 Å². The highest BCUT2D eigenvalue weighted by molar-refractivity contribution is 5.23. The van der Waals surface area contributed by atoms with E-state index >= 15 is 0 Å². The Hall–Kier alpha value is -2.01. The fourth-order valence-electron chi connectivity index (χ4n) is 1.54. The van der Waals surface area contributed by atoms with Gasteiger partial charge in [-0.3, -0.25) is 4.98 Å². The Bertz CT molecular complexity index is 520. The van der Waals surface area contributed by atoms with E-state index in [4.69, 9.17) is 4.74 Å². The molecule has 100 valence electrons. The molecule has 1 heterocycles. The van der Waals surface area contributed by atoms with Crippen molar-refractivity contribution >= 4 is 0 Å². The van der Waals surface area contributed by atoms with Gasteiger partial charge >= 0.3 is 0 Å². The van der Waals surface area contributed by atoms with Gasteiger partial charge in [0.2, 0.25) is 0 Å². The molecule has 2 rings (SSSR count). The highest BCUT2D eigenvalue weighted by Gasteiger charge is 2.02. The lowest BCUT2D eigenvalue weighted by Gasteiger charge is -2.07. The zero-order valence-corrected chi connectivity index (χ0v) is 10.3. The van der Waals surface area contributed by atoms with Crippen molar-refractivity contribution in [1.29, 1.82) is 0 Å². The van der Waals surface area contributed by atoms with Crippen molar-refractivity contribution in [3.05, 3.63) is 59.9 Å². The maximum atomic E-state index is 12.9. The third-order valence-electron chi connectivity index (χ3n) is 2.49. The molecular weight excluding hydrogens is 250 g/mol. The van der Waals surface area contributed by atoms with Crippen molar-refractivity contribution in [1.82, 2.24) is 10.3 Å². The number of ether oxygens (including phenoxy) is 1. The second-order valence-electron chi connectivity index (χ2n) is 3.96. The van der Waals surface area contributed by atoms with Crippen molar-refractivity contribution in [2.75, 3.05) is 13.2 Å². The maximum Gasteiger partial charge on any atom is 0.162 e. The number of rotatable bonds is 6. The minimum atomic E-state index is -0.902. The fraction of sp³-hybridized carbons (Fsp3) is 0.214. The van der Waals surface area contributed by atoms with Crippen LogP contribution in [0.2, 0.25) is 0 Å². The van der Waals surface area contributed by atoms with E-state index in [9.17, 15) is 8.78 Å². The van der Waals surface area contributed by atoms with Crippen LogP contribution in [0.25, 0.3) is 0 Å². The van der Waals surface area contributed by atoms with Crippen LogP contribution < -0.4 is 10.1 Å². The van der Waals surface area contributed by atoms with Gasteiger partial charge in [-0.15, -0.1) is 0 Å². The number of benzene rings is 1. The first kappa shape index (κ1) is 13.4. The van der Waals surface area contributed by atoms with Crippen molar-refractivity contribution < 1.29 is 13.5 Å². The van der Waals surface area contributed by atoms with Crippen LogP contribution in [0.1, 0.15) is 5.56 Å². The lowest BCUT2D eigenvalue weighted by molar-refractivity contribution is 0.311. The molecule has 0 radical (unpaired) electrons. The van der Waals surface area contributed by atoms with E-state index < -0.39 is 11.6 Å². The molecule has 1 aromatic carbocycles. The first-order valence-electron chi connectivity index (χ1n) is 5.93. The molecule has 0 amide bonds. The molecule has 0 saturated heterocycles. The van der Waals surface area contributed by atoms with E-state index in [1.165, 1.54) is 6.07 Å². The zero-order chi connectivity index (χ0) is 13.5. The maximum absolute atomic E-state index is 12.9. The van der Waals surface area contributed by atoms with E-state index in [1.54, 1.807) is 12.4 Å². The van der Waals surface area contributed by atoms with Crippen LogP contribution in [-0.4, -0.2) is 18.1 Å². The number of hydrogen-bond donors (Lipinski definition) is 1. The smallest absolute Gasteiger partial charge is 0.162 e. The molecule has 1 N–H and O–H groups in total. The monoisotopic (exact) mass is 264 g/mol. The summed E-state index contributed by atoms with van der Waals surface area (Å²) in [7, 11) is 0. The normalized spacial score (nSPS) is 10.4. The number of hydrogen-bond acceptors (Lipinski definition) is 3. The zero-order valence-electron chi connectivity index (χ0n) is 10.3. The Morgan fingerprint density at radius 2 is 2.05 bits per heavy atom. The number of halogens is 2. The molecule has 0 aliphatic rings. The second kappa shape index (κ2) is 6.80. The van der Waals surface area contributed by atoms with Gasteiger partial charge in [0.1, 0.15) is 12.4 Å². The quantitative estimate of drug-likeness (QED) is 0.814. The van der Waals surface area contributed by atoms with Crippen LogP contribution in [0.3, 0.4) is 0 Å². The van der Waals surface area contributed by atoms with Gasteiger partial charge in [0, 0.05) is 31.5 Å². The number of nitrogens with one attached hydrogen (secondary N) is 1. The molecule has 0 spiro atoms. The summed E-state index contributed by atoms with van der Waals surface area (Å²) in [5.41, 5.74) is 1.08. The molecule has 19 heavy (non-hydrogen) atoms. The third-order valence-corrected chi connectivity index (χ3v) is 2.49. The van der Waals surface area contributed by atoms with Crippen LogP contribution >= 0.6 is 0 Å². The minimum absolute atomic E-state index is 0.321. The van der Waals surface area contributed by atoms with E-state index in [1.807, 2.05) is 12.1 Å². The Kier molecular flexibility index (Phi) is 4.80. The van der Waals surface area contributed by atoms with Crippen molar-refractivity contribution in [3.8, 4) is 5.75 Å². The van der Waals surface area contributed by atoms with Crippen molar-refractivity contribution in [3.63, 3.8) is 0 Å². The van der Waals surface area contributed by atoms with Crippen LogP contribution in [-0.2, 0) is 6.54 Å². The Morgan fingerprint density at radius 1 is 1.16 bits per heavy atom. The van der Waals surface area contributed by atoms with Gasteiger partial charge in [0.05, 0.1) is 0 Å². The average molecular weight is 264 g/mol. The first-order chi connectivity index (χ1) is 9.25. The van der Waals surface area contributed by atoms with Crippen molar-refractivity contribution in [2.45, 2.75) is 6.54 Å². The summed E-state index contributed by atoms with van der Waals surface area (Å²) in [6, 6.07) is 7.33. The highest BCUT2D eigenvalue weighted by Crippen LogP contribution is 2.14. The van der Waals surface area contributed by atoms with Gasteiger partial charge in [0.25, 0.3) is 0 Å². The summed E-state index contributed by atoms with van der Waals surface area (Å²) >= 11 is 0. The predicted molar refractivity (Wildman–Crippen MR) is 67.8 cm³/mol. The van der Waals surface area contributed by atoms with E-state index in [-0.39, 0.29) is 0 Å². The van der Waals surface area contributed by atoms with Crippen LogP contribution in [0.5, 0.6) is 5.75 Å². The van der Waals surface area contributed by atoms with Crippen LogP contribution in [0, 0.1) is 11.6 Å². The Morgan fingerprint density at radius 3 is 2.79 bits per heavy atom. The SMILES string of the molecule is Fc1ccc(OCCNCc2cccnc2)cc1F. The molecule has 0 aliphatic carbocycles. The summed E-state index contributed by atoms with van der Waals surface area (Å²) in [5.74, 6) is -1.45. The topological polar surface area (TPSA) is 34.1 Å². The largest absolute Gasteiger partial charge is 0.492 e. The average Bonchev–Trinajstić information content (AvgIpc) is 2.43. The number of nitrogens with zero attached hydrogens (tertiary/aromatic N) is 1. The number of aromatic nitrogens is 1. The molecule has 0 bridgehead atoms. The Labute approximate surface area is 110 Å². The summed E-state index contributed by atoms with van der Waals surface area (Å²) in [4.78, 5) is 4.00. The van der Waals surface area contributed by atoms with Gasteiger partial charge in [-0.05, 0) is 23.8 Å². The minimum Gasteiger partial charge on any atom is -0.492 e. The van der Waals surface area contributed by atoms with Crippen LogP contribution in [0.15, 0.2) is 42.7 Å². The molecule has 0 fully saturated rings. The summed E-state index contributed by atoms with van der Waals surface area (Å²) < 4.78 is 30.9. The number of pyridine rings is 1.